The van der Waals surface area contributed by atoms with Crippen LogP contribution in [-0.4, -0.2) is 73.4 Å². The topological polar surface area (TPSA) is 105 Å². The van der Waals surface area contributed by atoms with E-state index in [2.05, 4.69) is 104 Å². The molecule has 8 nitrogen and oxygen atoms in total. The van der Waals surface area contributed by atoms with E-state index < -0.39 is 20.0 Å². The first-order chi connectivity index (χ1) is 27.0. The zero-order valence-electron chi connectivity index (χ0n) is 36.3. The standard InChI is InChI=1S/C47H83N2O6P/c1-6-8-10-12-14-16-17-18-19-20-21-22-23-24-25-26-27-28-29-30-31-33-35-37-39-41-47(51)48-45(44-55-56(52,53)54-43-42-49(3,4)5)46(50)40-38-36-34-32-15-13-11-9-7-2/h8,10,14,16,18-19,21-22,24-25,27-28,30-31,45-46,50H,6-7,9,11-13,15,17,20,23,26,29,32-44H2,1-5H3,(H-,48,51,52,53)/p+1/b10-8-,16-14-,19-18-,22-21-,25-24-,28-27-,31-30-. The third-order valence-corrected chi connectivity index (χ3v) is 10.1. The molecule has 0 spiro atoms. The Hall–Kier alpha value is -2.32. The Balaban J connectivity index is 4.35. The number of aliphatic hydroxyl groups excluding tert-OH is 1. The van der Waals surface area contributed by atoms with E-state index in [0.717, 1.165) is 89.9 Å². The Morgan fingerprint density at radius 3 is 1.55 bits per heavy atom. The van der Waals surface area contributed by atoms with E-state index in [0.29, 0.717) is 23.9 Å². The number of carbonyl (C=O) groups is 1. The van der Waals surface area contributed by atoms with Crippen LogP contribution in [0.5, 0.6) is 0 Å². The molecule has 1 amide bonds. The summed E-state index contributed by atoms with van der Waals surface area (Å²) in [5, 5.41) is 13.8. The number of rotatable bonds is 38. The number of phosphoric acid groups is 1. The summed E-state index contributed by atoms with van der Waals surface area (Å²) in [5.41, 5.74) is 0. The van der Waals surface area contributed by atoms with Gasteiger partial charge in [-0.25, -0.2) is 4.57 Å². The third kappa shape index (κ3) is 39.9. The number of carbonyl (C=O) groups excluding carboxylic acids is 1. The Kier molecular flexibility index (Phi) is 36.6. The van der Waals surface area contributed by atoms with Gasteiger partial charge in [-0.1, -0.05) is 163 Å². The summed E-state index contributed by atoms with van der Waals surface area (Å²) >= 11 is 0. The molecule has 0 rings (SSSR count). The van der Waals surface area contributed by atoms with Crippen LogP contribution in [0.4, 0.5) is 0 Å². The highest BCUT2D eigenvalue weighted by Gasteiger charge is 2.28. The monoisotopic (exact) mass is 804 g/mol. The molecule has 3 N–H and O–H groups in total. The molecule has 0 aromatic heterocycles. The predicted molar refractivity (Wildman–Crippen MR) is 239 cm³/mol. The second kappa shape index (κ2) is 38.2. The lowest BCUT2D eigenvalue weighted by atomic mass is 10.0. The van der Waals surface area contributed by atoms with Crippen LogP contribution in [0.2, 0.25) is 0 Å². The molecule has 0 saturated heterocycles. The average Bonchev–Trinajstić information content (AvgIpc) is 3.15. The molecular formula is C47H84N2O6P+. The van der Waals surface area contributed by atoms with Gasteiger partial charge in [-0.2, -0.15) is 0 Å². The molecule has 0 aromatic carbocycles. The lowest BCUT2D eigenvalue weighted by molar-refractivity contribution is -0.870. The number of likely N-dealkylation sites (N-methyl/N-ethyl adjacent to an activating group) is 1. The molecular weight excluding hydrogens is 719 g/mol. The van der Waals surface area contributed by atoms with Gasteiger partial charge in [0, 0.05) is 6.42 Å². The van der Waals surface area contributed by atoms with Crippen molar-refractivity contribution in [3.63, 3.8) is 0 Å². The van der Waals surface area contributed by atoms with Gasteiger partial charge in [0.25, 0.3) is 0 Å². The fourth-order valence-electron chi connectivity index (χ4n) is 5.67. The van der Waals surface area contributed by atoms with E-state index in [1.807, 2.05) is 21.1 Å². The number of hydrogen-bond donors (Lipinski definition) is 3. The Morgan fingerprint density at radius 2 is 1.07 bits per heavy atom. The molecule has 322 valence electrons. The highest BCUT2D eigenvalue weighted by molar-refractivity contribution is 7.47. The number of nitrogens with zero attached hydrogens (tertiary/aromatic N) is 1. The number of amides is 1. The number of nitrogens with one attached hydrogen (secondary N) is 1. The summed E-state index contributed by atoms with van der Waals surface area (Å²) in [6.07, 6.45) is 51.9. The summed E-state index contributed by atoms with van der Waals surface area (Å²) in [6, 6.07) is -0.782. The van der Waals surface area contributed by atoms with Crippen LogP contribution in [0.1, 0.15) is 155 Å². The number of aliphatic hydroxyl groups is 1. The lowest BCUT2D eigenvalue weighted by Gasteiger charge is -2.26. The zero-order valence-corrected chi connectivity index (χ0v) is 37.2. The minimum absolute atomic E-state index is 0.0625. The highest BCUT2D eigenvalue weighted by atomic mass is 31.2. The van der Waals surface area contributed by atoms with Crippen LogP contribution in [0.3, 0.4) is 0 Å². The number of unbranched alkanes of at least 4 members (excludes halogenated alkanes) is 11. The maximum Gasteiger partial charge on any atom is 0.472 e. The van der Waals surface area contributed by atoms with E-state index in [4.69, 9.17) is 9.05 Å². The second-order valence-corrected chi connectivity index (χ2v) is 17.1. The molecule has 56 heavy (non-hydrogen) atoms. The summed E-state index contributed by atoms with van der Waals surface area (Å²) in [7, 11) is 1.57. The Morgan fingerprint density at radius 1 is 0.625 bits per heavy atom. The van der Waals surface area contributed by atoms with Crippen molar-refractivity contribution in [1.29, 1.82) is 0 Å². The summed E-state index contributed by atoms with van der Waals surface area (Å²) < 4.78 is 23.5. The van der Waals surface area contributed by atoms with Gasteiger partial charge in [0.1, 0.15) is 13.2 Å². The van der Waals surface area contributed by atoms with Crippen LogP contribution in [0.15, 0.2) is 85.1 Å². The van der Waals surface area contributed by atoms with E-state index in [-0.39, 0.29) is 19.1 Å². The molecule has 0 fully saturated rings. The van der Waals surface area contributed by atoms with Crippen molar-refractivity contribution in [2.45, 2.75) is 167 Å². The molecule has 0 saturated carbocycles. The van der Waals surface area contributed by atoms with Crippen LogP contribution in [0.25, 0.3) is 0 Å². The van der Waals surface area contributed by atoms with Crippen molar-refractivity contribution < 1.29 is 32.9 Å². The van der Waals surface area contributed by atoms with Crippen molar-refractivity contribution in [2.24, 2.45) is 0 Å². The van der Waals surface area contributed by atoms with Gasteiger partial charge >= 0.3 is 7.82 Å². The number of phosphoric ester groups is 1. The lowest BCUT2D eigenvalue weighted by Crippen LogP contribution is -2.46. The van der Waals surface area contributed by atoms with Crippen molar-refractivity contribution in [2.75, 3.05) is 40.9 Å². The molecule has 0 radical (unpaired) electrons. The van der Waals surface area contributed by atoms with Gasteiger partial charge < -0.3 is 19.8 Å². The smallest absolute Gasteiger partial charge is 0.391 e. The first-order valence-electron chi connectivity index (χ1n) is 22.0. The second-order valence-electron chi connectivity index (χ2n) is 15.7. The normalized spacial score (nSPS) is 15.2. The van der Waals surface area contributed by atoms with Gasteiger partial charge in [-0.05, 0) is 70.6 Å². The van der Waals surface area contributed by atoms with Gasteiger partial charge in [-0.15, -0.1) is 0 Å². The van der Waals surface area contributed by atoms with Crippen molar-refractivity contribution in [3.05, 3.63) is 85.1 Å². The SMILES string of the molecule is CC/C=C\C/C=C\C/C=C\C/C=C\C/C=C\C/C=C\C/C=C\CCCCCC(=O)NC(COP(=O)(O)OCC[N+](C)(C)C)C(O)CCCCCCCCCCC. The largest absolute Gasteiger partial charge is 0.472 e. The van der Waals surface area contributed by atoms with E-state index in [1.165, 1.54) is 38.5 Å². The molecule has 3 unspecified atom stereocenters. The Bertz CT molecular complexity index is 1180. The number of quaternary nitrogens is 1. The quantitative estimate of drug-likeness (QED) is 0.0248. The molecule has 0 aliphatic carbocycles. The maximum absolute atomic E-state index is 12.8. The molecule has 0 aliphatic rings. The van der Waals surface area contributed by atoms with Crippen LogP contribution in [-0.2, 0) is 18.4 Å². The molecule has 3 atom stereocenters. The molecule has 0 aromatic rings. The molecule has 0 bridgehead atoms. The van der Waals surface area contributed by atoms with E-state index >= 15 is 0 Å². The van der Waals surface area contributed by atoms with Gasteiger partial charge in [0.2, 0.25) is 5.91 Å². The molecule has 0 aliphatic heterocycles. The molecule has 0 heterocycles. The Labute approximate surface area is 344 Å². The molecule has 9 heteroatoms. The zero-order chi connectivity index (χ0) is 41.4. The van der Waals surface area contributed by atoms with Gasteiger partial charge in [-0.3, -0.25) is 13.8 Å². The average molecular weight is 804 g/mol. The highest BCUT2D eigenvalue weighted by Crippen LogP contribution is 2.43. The van der Waals surface area contributed by atoms with Crippen LogP contribution >= 0.6 is 7.82 Å². The fourth-order valence-corrected chi connectivity index (χ4v) is 6.41. The van der Waals surface area contributed by atoms with Crippen LogP contribution in [0, 0.1) is 0 Å². The van der Waals surface area contributed by atoms with Crippen molar-refractivity contribution >= 4 is 13.7 Å². The summed E-state index contributed by atoms with van der Waals surface area (Å²) in [5.74, 6) is -0.184. The minimum atomic E-state index is -4.32. The predicted octanol–water partition coefficient (Wildman–Crippen LogP) is 12.2. The van der Waals surface area contributed by atoms with Gasteiger partial charge in [0.15, 0.2) is 0 Å². The first kappa shape index (κ1) is 53.7. The number of allylic oxidation sites excluding steroid dienone is 14. The van der Waals surface area contributed by atoms with E-state index in [9.17, 15) is 19.4 Å². The van der Waals surface area contributed by atoms with E-state index in [1.54, 1.807) is 0 Å². The number of hydrogen-bond acceptors (Lipinski definition) is 5. The van der Waals surface area contributed by atoms with Crippen LogP contribution < -0.4 is 5.32 Å². The van der Waals surface area contributed by atoms with Gasteiger partial charge in [0.05, 0.1) is 39.9 Å². The van der Waals surface area contributed by atoms with Crippen molar-refractivity contribution in [3.8, 4) is 0 Å². The minimum Gasteiger partial charge on any atom is -0.391 e. The fraction of sp³-hybridized carbons (Fsp3) is 0.681. The summed E-state index contributed by atoms with van der Waals surface area (Å²) in [4.78, 5) is 23.1. The first-order valence-corrected chi connectivity index (χ1v) is 23.4. The third-order valence-electron chi connectivity index (χ3n) is 9.16. The van der Waals surface area contributed by atoms with Crippen molar-refractivity contribution in [1.82, 2.24) is 5.32 Å². The maximum atomic E-state index is 12.8. The summed E-state index contributed by atoms with van der Waals surface area (Å²) in [6.45, 7) is 4.69.